The van der Waals surface area contributed by atoms with Gasteiger partial charge in [-0.15, -0.1) is 0 Å². The summed E-state index contributed by atoms with van der Waals surface area (Å²) in [6, 6.07) is 10.4. The van der Waals surface area contributed by atoms with E-state index in [1.165, 1.54) is 24.3 Å². The van der Waals surface area contributed by atoms with Gasteiger partial charge in [0.1, 0.15) is 11.6 Å². The molecule has 0 fully saturated rings. The number of rotatable bonds is 3. The fourth-order valence-electron chi connectivity index (χ4n) is 1.65. The third kappa shape index (κ3) is 3.16. The summed E-state index contributed by atoms with van der Waals surface area (Å²) in [5.74, 6) is -1.24. The van der Waals surface area contributed by atoms with Gasteiger partial charge in [0.25, 0.3) is 5.91 Å². The van der Waals surface area contributed by atoms with Crippen molar-refractivity contribution < 1.29 is 13.6 Å². The van der Waals surface area contributed by atoms with Crippen LogP contribution in [0, 0.1) is 18.6 Å². The Labute approximate surface area is 110 Å². The second kappa shape index (κ2) is 5.61. The van der Waals surface area contributed by atoms with Gasteiger partial charge in [-0.25, -0.2) is 8.78 Å². The molecule has 0 saturated carbocycles. The van der Waals surface area contributed by atoms with Crippen LogP contribution < -0.4 is 5.32 Å². The topological polar surface area (TPSA) is 29.1 Å². The zero-order valence-electron chi connectivity index (χ0n) is 10.4. The van der Waals surface area contributed by atoms with Crippen molar-refractivity contribution in [3.63, 3.8) is 0 Å². The minimum atomic E-state index is -0.432. The largest absolute Gasteiger partial charge is 0.348 e. The fourth-order valence-corrected chi connectivity index (χ4v) is 1.65. The number of halogens is 2. The Morgan fingerprint density at radius 1 is 1.11 bits per heavy atom. The van der Waals surface area contributed by atoms with Gasteiger partial charge in [-0.2, -0.15) is 0 Å². The van der Waals surface area contributed by atoms with Crippen molar-refractivity contribution >= 4 is 5.91 Å². The molecule has 0 heterocycles. The highest BCUT2D eigenvalue weighted by Gasteiger charge is 2.09. The first-order valence-corrected chi connectivity index (χ1v) is 5.85. The number of nitrogens with one attached hydrogen (secondary N) is 1. The van der Waals surface area contributed by atoms with Crippen molar-refractivity contribution in [3.8, 4) is 0 Å². The summed E-state index contributed by atoms with van der Waals surface area (Å²) in [5.41, 5.74) is 1.09. The van der Waals surface area contributed by atoms with Gasteiger partial charge in [0.15, 0.2) is 0 Å². The number of hydrogen-bond donors (Lipinski definition) is 1. The summed E-state index contributed by atoms with van der Waals surface area (Å²) in [6.45, 7) is 1.69. The van der Waals surface area contributed by atoms with Gasteiger partial charge in [0.2, 0.25) is 0 Å². The molecule has 4 heteroatoms. The third-order valence-electron chi connectivity index (χ3n) is 2.83. The Morgan fingerprint density at radius 3 is 2.53 bits per heavy atom. The van der Waals surface area contributed by atoms with Crippen LogP contribution in [0.4, 0.5) is 8.78 Å². The van der Waals surface area contributed by atoms with E-state index in [1.54, 1.807) is 25.1 Å². The summed E-state index contributed by atoms with van der Waals surface area (Å²) in [7, 11) is 0. The van der Waals surface area contributed by atoms with Gasteiger partial charge in [-0.05, 0) is 30.7 Å². The van der Waals surface area contributed by atoms with E-state index < -0.39 is 11.7 Å². The maximum Gasteiger partial charge on any atom is 0.251 e. The van der Waals surface area contributed by atoms with Crippen molar-refractivity contribution in [2.24, 2.45) is 0 Å². The third-order valence-corrected chi connectivity index (χ3v) is 2.83. The maximum atomic E-state index is 13.3. The van der Waals surface area contributed by atoms with Gasteiger partial charge >= 0.3 is 0 Å². The highest BCUT2D eigenvalue weighted by atomic mass is 19.1. The number of hydrogen-bond acceptors (Lipinski definition) is 1. The fraction of sp³-hybridized carbons (Fsp3) is 0.133. The van der Waals surface area contributed by atoms with Crippen LogP contribution in [0.2, 0.25) is 0 Å². The van der Waals surface area contributed by atoms with Gasteiger partial charge in [0, 0.05) is 17.7 Å². The minimum absolute atomic E-state index is 0.0704. The molecule has 2 nitrogen and oxygen atoms in total. The molecule has 0 spiro atoms. The van der Waals surface area contributed by atoms with Crippen LogP contribution in [-0.4, -0.2) is 5.91 Å². The highest BCUT2D eigenvalue weighted by Crippen LogP contribution is 2.10. The molecule has 0 aromatic heterocycles. The van der Waals surface area contributed by atoms with Crippen LogP contribution in [0.3, 0.4) is 0 Å². The van der Waals surface area contributed by atoms with Crippen LogP contribution in [0.15, 0.2) is 42.5 Å². The number of carbonyl (C=O) groups excluding carboxylic acids is 1. The van der Waals surface area contributed by atoms with Crippen LogP contribution >= 0.6 is 0 Å². The van der Waals surface area contributed by atoms with Crippen molar-refractivity contribution in [2.45, 2.75) is 13.5 Å². The molecule has 0 radical (unpaired) electrons. The monoisotopic (exact) mass is 261 g/mol. The SMILES string of the molecule is Cc1ccc(C(=O)NCc2ccccc2F)cc1F. The number of aryl methyl sites for hydroxylation is 1. The summed E-state index contributed by atoms with van der Waals surface area (Å²) >= 11 is 0. The smallest absolute Gasteiger partial charge is 0.251 e. The van der Waals surface area contributed by atoms with Gasteiger partial charge in [0.05, 0.1) is 0 Å². The van der Waals surface area contributed by atoms with E-state index in [4.69, 9.17) is 0 Å². The van der Waals surface area contributed by atoms with Crippen molar-refractivity contribution in [3.05, 3.63) is 70.8 Å². The average molecular weight is 261 g/mol. The van der Waals surface area contributed by atoms with Crippen LogP contribution in [0.1, 0.15) is 21.5 Å². The van der Waals surface area contributed by atoms with E-state index in [0.29, 0.717) is 11.1 Å². The molecule has 0 aliphatic rings. The summed E-state index contributed by atoms with van der Waals surface area (Å²) in [5, 5.41) is 2.56. The summed E-state index contributed by atoms with van der Waals surface area (Å²) in [4.78, 5) is 11.8. The second-order valence-electron chi connectivity index (χ2n) is 4.24. The molecule has 0 atom stereocenters. The normalized spacial score (nSPS) is 10.3. The Bertz CT molecular complexity index is 611. The van der Waals surface area contributed by atoms with E-state index in [2.05, 4.69) is 5.32 Å². The molecule has 0 bridgehead atoms. The van der Waals surface area contributed by atoms with E-state index in [9.17, 15) is 13.6 Å². The molecule has 0 saturated heterocycles. The van der Waals surface area contributed by atoms with E-state index in [1.807, 2.05) is 0 Å². The van der Waals surface area contributed by atoms with Gasteiger partial charge in [-0.3, -0.25) is 4.79 Å². The van der Waals surface area contributed by atoms with E-state index in [-0.39, 0.29) is 17.9 Å². The molecule has 1 amide bonds. The second-order valence-corrected chi connectivity index (χ2v) is 4.24. The molecule has 0 unspecified atom stereocenters. The molecule has 0 aliphatic heterocycles. The Kier molecular flexibility index (Phi) is 3.90. The first kappa shape index (κ1) is 13.2. The molecule has 1 N–H and O–H groups in total. The molecule has 2 aromatic carbocycles. The lowest BCUT2D eigenvalue weighted by Gasteiger charge is -2.07. The Hall–Kier alpha value is -2.23. The predicted molar refractivity (Wildman–Crippen MR) is 68.7 cm³/mol. The first-order chi connectivity index (χ1) is 9.08. The molecule has 19 heavy (non-hydrogen) atoms. The Morgan fingerprint density at radius 2 is 1.84 bits per heavy atom. The van der Waals surface area contributed by atoms with Crippen LogP contribution in [-0.2, 0) is 6.54 Å². The molecule has 2 aromatic rings. The maximum absolute atomic E-state index is 13.3. The van der Waals surface area contributed by atoms with Crippen LogP contribution in [0.25, 0.3) is 0 Å². The van der Waals surface area contributed by atoms with Crippen molar-refractivity contribution in [1.82, 2.24) is 5.32 Å². The molecule has 0 aliphatic carbocycles. The standard InChI is InChI=1S/C15H13F2NO/c1-10-6-7-11(8-14(10)17)15(19)18-9-12-4-2-3-5-13(12)16/h2-8H,9H2,1H3,(H,18,19). The van der Waals surface area contributed by atoms with E-state index >= 15 is 0 Å². The quantitative estimate of drug-likeness (QED) is 0.903. The zero-order valence-corrected chi connectivity index (χ0v) is 10.4. The highest BCUT2D eigenvalue weighted by molar-refractivity contribution is 5.94. The predicted octanol–water partition coefficient (Wildman–Crippen LogP) is 3.20. The summed E-state index contributed by atoms with van der Waals surface area (Å²) in [6.07, 6.45) is 0. The lowest BCUT2D eigenvalue weighted by molar-refractivity contribution is 0.0950. The average Bonchev–Trinajstić information content (AvgIpc) is 2.40. The van der Waals surface area contributed by atoms with E-state index in [0.717, 1.165) is 0 Å². The van der Waals surface area contributed by atoms with Crippen molar-refractivity contribution in [1.29, 1.82) is 0 Å². The lowest BCUT2D eigenvalue weighted by Crippen LogP contribution is -2.23. The number of carbonyl (C=O) groups is 1. The number of amides is 1. The van der Waals surface area contributed by atoms with Crippen molar-refractivity contribution in [2.75, 3.05) is 0 Å². The number of benzene rings is 2. The molecule has 2 rings (SSSR count). The van der Waals surface area contributed by atoms with Gasteiger partial charge in [-0.1, -0.05) is 24.3 Å². The van der Waals surface area contributed by atoms with Gasteiger partial charge < -0.3 is 5.32 Å². The zero-order chi connectivity index (χ0) is 13.8. The Balaban J connectivity index is 2.05. The molecular formula is C15H13F2NO. The lowest BCUT2D eigenvalue weighted by atomic mass is 10.1. The van der Waals surface area contributed by atoms with Crippen LogP contribution in [0.5, 0.6) is 0 Å². The summed E-state index contributed by atoms with van der Waals surface area (Å²) < 4.78 is 26.7. The first-order valence-electron chi connectivity index (χ1n) is 5.85. The molecule has 98 valence electrons. The molecular weight excluding hydrogens is 248 g/mol. The minimum Gasteiger partial charge on any atom is -0.348 e.